The molecule has 0 heterocycles. The number of urea groups is 1. The van der Waals surface area contributed by atoms with Crippen LogP contribution >= 0.6 is 11.8 Å². The standard InChI is InChI=1S/C12H22N2O3S/c1-9(2)6-14(7-10(15)16)11(17)13-8-12(18-3)4-5-12/h9H,4-8H2,1-3H3,(H,13,17)(H,15,16). The lowest BCUT2D eigenvalue weighted by molar-refractivity contribution is -0.137. The maximum absolute atomic E-state index is 11.9. The van der Waals surface area contributed by atoms with E-state index in [0.29, 0.717) is 13.1 Å². The highest BCUT2D eigenvalue weighted by molar-refractivity contribution is 8.00. The first-order valence-corrected chi connectivity index (χ1v) is 7.41. The summed E-state index contributed by atoms with van der Waals surface area (Å²) in [5, 5.41) is 11.7. The van der Waals surface area contributed by atoms with Gasteiger partial charge >= 0.3 is 12.0 Å². The van der Waals surface area contributed by atoms with E-state index in [4.69, 9.17) is 5.11 Å². The zero-order valence-corrected chi connectivity index (χ0v) is 12.0. The molecular weight excluding hydrogens is 252 g/mol. The fraction of sp³-hybridized carbons (Fsp3) is 0.833. The number of amides is 2. The summed E-state index contributed by atoms with van der Waals surface area (Å²) >= 11 is 1.77. The van der Waals surface area contributed by atoms with E-state index in [2.05, 4.69) is 5.32 Å². The zero-order chi connectivity index (χ0) is 13.8. The SMILES string of the molecule is CSC1(CNC(=O)N(CC(=O)O)CC(C)C)CC1. The van der Waals surface area contributed by atoms with E-state index in [-0.39, 0.29) is 23.2 Å². The quantitative estimate of drug-likeness (QED) is 0.740. The Morgan fingerprint density at radius 1 is 1.44 bits per heavy atom. The van der Waals surface area contributed by atoms with Gasteiger partial charge in [-0.25, -0.2) is 4.79 Å². The summed E-state index contributed by atoms with van der Waals surface area (Å²) in [5.74, 6) is -0.720. The van der Waals surface area contributed by atoms with E-state index in [1.807, 2.05) is 20.1 Å². The van der Waals surface area contributed by atoms with Crippen molar-refractivity contribution in [3.8, 4) is 0 Å². The third kappa shape index (κ3) is 4.76. The predicted molar refractivity (Wildman–Crippen MR) is 72.9 cm³/mol. The molecule has 6 heteroatoms. The van der Waals surface area contributed by atoms with Gasteiger partial charge in [0.2, 0.25) is 0 Å². The summed E-state index contributed by atoms with van der Waals surface area (Å²) in [7, 11) is 0. The molecule has 0 radical (unpaired) electrons. The van der Waals surface area contributed by atoms with Gasteiger partial charge in [-0.1, -0.05) is 13.8 Å². The van der Waals surface area contributed by atoms with E-state index in [1.54, 1.807) is 11.8 Å². The number of hydrogen-bond donors (Lipinski definition) is 2. The van der Waals surface area contributed by atoms with E-state index in [0.717, 1.165) is 12.8 Å². The Morgan fingerprint density at radius 2 is 2.06 bits per heavy atom. The first-order valence-electron chi connectivity index (χ1n) is 6.18. The summed E-state index contributed by atoms with van der Waals surface area (Å²) in [6.07, 6.45) is 4.29. The molecule has 5 nitrogen and oxygen atoms in total. The average Bonchev–Trinajstić information content (AvgIpc) is 3.04. The van der Waals surface area contributed by atoms with Gasteiger partial charge in [-0.05, 0) is 25.0 Å². The van der Waals surface area contributed by atoms with E-state index >= 15 is 0 Å². The molecule has 2 amide bonds. The van der Waals surface area contributed by atoms with Gasteiger partial charge in [0.15, 0.2) is 0 Å². The summed E-state index contributed by atoms with van der Waals surface area (Å²) in [6.45, 7) is 4.78. The number of carboxylic acids is 1. The van der Waals surface area contributed by atoms with Crippen LogP contribution in [0.5, 0.6) is 0 Å². The maximum atomic E-state index is 11.9. The molecular formula is C12H22N2O3S. The highest BCUT2D eigenvalue weighted by Gasteiger charge is 2.42. The van der Waals surface area contributed by atoms with Crippen LogP contribution in [-0.4, -0.2) is 52.6 Å². The Balaban J connectivity index is 2.45. The van der Waals surface area contributed by atoms with Crippen molar-refractivity contribution in [2.75, 3.05) is 25.9 Å². The van der Waals surface area contributed by atoms with Crippen LogP contribution in [0.2, 0.25) is 0 Å². The van der Waals surface area contributed by atoms with Gasteiger partial charge in [-0.3, -0.25) is 4.79 Å². The monoisotopic (exact) mass is 274 g/mol. The van der Waals surface area contributed by atoms with Crippen LogP contribution in [0.15, 0.2) is 0 Å². The largest absolute Gasteiger partial charge is 0.480 e. The molecule has 104 valence electrons. The minimum atomic E-state index is -0.975. The molecule has 0 aromatic carbocycles. The molecule has 0 aliphatic heterocycles. The number of thioether (sulfide) groups is 1. The number of carbonyl (C=O) groups is 2. The third-order valence-corrected chi connectivity index (χ3v) is 4.42. The van der Waals surface area contributed by atoms with Crippen molar-refractivity contribution in [2.45, 2.75) is 31.4 Å². The fourth-order valence-corrected chi connectivity index (χ4v) is 2.49. The molecule has 0 atom stereocenters. The van der Waals surface area contributed by atoms with E-state index in [1.165, 1.54) is 4.90 Å². The Hall–Kier alpha value is -0.910. The smallest absolute Gasteiger partial charge is 0.323 e. The Bertz CT molecular complexity index is 316. The Kier molecular flexibility index (Phi) is 5.31. The minimum absolute atomic E-state index is 0.197. The van der Waals surface area contributed by atoms with Gasteiger partial charge in [-0.2, -0.15) is 11.8 Å². The van der Waals surface area contributed by atoms with Crippen LogP contribution in [0.4, 0.5) is 4.79 Å². The molecule has 0 saturated heterocycles. The zero-order valence-electron chi connectivity index (χ0n) is 11.2. The van der Waals surface area contributed by atoms with Gasteiger partial charge in [0.25, 0.3) is 0 Å². The molecule has 0 aromatic rings. The van der Waals surface area contributed by atoms with Crippen molar-refractivity contribution >= 4 is 23.8 Å². The van der Waals surface area contributed by atoms with Gasteiger partial charge in [0.05, 0.1) is 0 Å². The lowest BCUT2D eigenvalue weighted by Gasteiger charge is -2.24. The van der Waals surface area contributed by atoms with Gasteiger partial charge < -0.3 is 15.3 Å². The van der Waals surface area contributed by atoms with Crippen molar-refractivity contribution in [1.29, 1.82) is 0 Å². The van der Waals surface area contributed by atoms with Crippen molar-refractivity contribution < 1.29 is 14.7 Å². The molecule has 1 aliphatic carbocycles. The minimum Gasteiger partial charge on any atom is -0.480 e. The Morgan fingerprint density at radius 3 is 2.44 bits per heavy atom. The topological polar surface area (TPSA) is 69.6 Å². The second-order valence-electron chi connectivity index (χ2n) is 5.21. The molecule has 18 heavy (non-hydrogen) atoms. The van der Waals surface area contributed by atoms with Crippen LogP contribution in [0.1, 0.15) is 26.7 Å². The van der Waals surface area contributed by atoms with Crippen molar-refractivity contribution in [3.63, 3.8) is 0 Å². The number of rotatable bonds is 7. The summed E-state index contributed by atoms with van der Waals surface area (Å²) in [5.41, 5.74) is 0. The van der Waals surface area contributed by atoms with Crippen LogP contribution in [0, 0.1) is 5.92 Å². The average molecular weight is 274 g/mol. The number of nitrogens with one attached hydrogen (secondary N) is 1. The number of aliphatic carboxylic acids is 1. The molecule has 1 saturated carbocycles. The third-order valence-electron chi connectivity index (χ3n) is 3.00. The van der Waals surface area contributed by atoms with E-state index in [9.17, 15) is 9.59 Å². The second kappa shape index (κ2) is 6.31. The first kappa shape index (κ1) is 15.1. The summed E-state index contributed by atoms with van der Waals surface area (Å²) in [4.78, 5) is 24.1. The predicted octanol–water partition coefficient (Wildman–Crippen LogP) is 1.63. The van der Waals surface area contributed by atoms with E-state index < -0.39 is 5.97 Å². The first-order chi connectivity index (χ1) is 8.38. The van der Waals surface area contributed by atoms with Crippen LogP contribution in [-0.2, 0) is 4.79 Å². The van der Waals surface area contributed by atoms with Crippen LogP contribution in [0.3, 0.4) is 0 Å². The highest BCUT2D eigenvalue weighted by atomic mass is 32.2. The molecule has 1 rings (SSSR count). The van der Waals surface area contributed by atoms with Crippen molar-refractivity contribution in [3.05, 3.63) is 0 Å². The molecule has 1 fully saturated rings. The fourth-order valence-electron chi connectivity index (χ4n) is 1.76. The molecule has 2 N–H and O–H groups in total. The lowest BCUT2D eigenvalue weighted by Crippen LogP contribution is -2.46. The lowest BCUT2D eigenvalue weighted by atomic mass is 10.2. The van der Waals surface area contributed by atoms with Crippen molar-refractivity contribution in [1.82, 2.24) is 10.2 Å². The second-order valence-corrected chi connectivity index (χ2v) is 6.49. The van der Waals surface area contributed by atoms with Gasteiger partial charge in [-0.15, -0.1) is 0 Å². The number of nitrogens with zero attached hydrogens (tertiary/aromatic N) is 1. The molecule has 0 aromatic heterocycles. The van der Waals surface area contributed by atoms with Crippen LogP contribution < -0.4 is 5.32 Å². The van der Waals surface area contributed by atoms with Gasteiger partial charge in [0.1, 0.15) is 6.54 Å². The number of hydrogen-bond acceptors (Lipinski definition) is 3. The molecule has 0 bridgehead atoms. The normalized spacial score (nSPS) is 16.4. The molecule has 0 unspecified atom stereocenters. The van der Waals surface area contributed by atoms with Gasteiger partial charge in [0, 0.05) is 17.8 Å². The Labute approximate surface area is 112 Å². The highest BCUT2D eigenvalue weighted by Crippen LogP contribution is 2.46. The summed E-state index contributed by atoms with van der Waals surface area (Å²) in [6, 6.07) is -0.272. The maximum Gasteiger partial charge on any atom is 0.323 e. The van der Waals surface area contributed by atoms with Crippen LogP contribution in [0.25, 0.3) is 0 Å². The molecule has 0 spiro atoms. The number of carbonyl (C=O) groups excluding carboxylic acids is 1. The summed E-state index contributed by atoms with van der Waals surface area (Å²) < 4.78 is 0.197. The molecule has 1 aliphatic rings. The van der Waals surface area contributed by atoms with Crippen molar-refractivity contribution in [2.24, 2.45) is 5.92 Å². The number of carboxylic acid groups (broad SMARTS) is 1.